The van der Waals surface area contributed by atoms with Crippen LogP contribution in [-0.2, 0) is 9.59 Å². The normalized spacial score (nSPS) is 13.9. The van der Waals surface area contributed by atoms with Gasteiger partial charge in [0.25, 0.3) is 0 Å². The molecule has 1 aliphatic rings. The van der Waals surface area contributed by atoms with Crippen molar-refractivity contribution >= 4 is 45.5 Å². The molecule has 0 aliphatic carbocycles. The van der Waals surface area contributed by atoms with Gasteiger partial charge in [-0.05, 0) is 79.4 Å². The fraction of sp³-hybridized carbons (Fsp3) is 0.243. The van der Waals surface area contributed by atoms with E-state index in [1.54, 1.807) is 44.5 Å². The third-order valence-electron chi connectivity index (χ3n) is 8.47. The maximum absolute atomic E-state index is 15.2. The topological polar surface area (TPSA) is 128 Å². The van der Waals surface area contributed by atoms with Gasteiger partial charge < -0.3 is 30.2 Å². The Balaban J connectivity index is 1.12. The summed E-state index contributed by atoms with van der Waals surface area (Å²) in [5.41, 5.74) is 1.64. The van der Waals surface area contributed by atoms with Crippen LogP contribution >= 0.6 is 0 Å². The lowest BCUT2D eigenvalue weighted by molar-refractivity contribution is -0.136. The first-order valence-corrected chi connectivity index (χ1v) is 15.7. The lowest BCUT2D eigenvalue weighted by Crippen LogP contribution is -2.37. The minimum atomic E-state index is -0.992. The molecule has 0 spiro atoms. The first kappa shape index (κ1) is 32.4. The summed E-state index contributed by atoms with van der Waals surface area (Å²) in [6, 6.07) is 19.3. The second-order valence-electron chi connectivity index (χ2n) is 11.6. The number of halogens is 1. The SMILES string of the molecule is COc1cc2c(Oc3ccc(NC(=O)C(=O)NC(C)c4ccc5ccccc5c4C=O)cc3F)ccnc2cc1OCC1CCNCC1. The zero-order valence-corrected chi connectivity index (χ0v) is 26.5. The van der Waals surface area contributed by atoms with Crippen LogP contribution in [0.3, 0.4) is 0 Å². The lowest BCUT2D eigenvalue weighted by atomic mass is 9.96. The van der Waals surface area contributed by atoms with Gasteiger partial charge in [0.15, 0.2) is 29.4 Å². The molecule has 3 N–H and O–H groups in total. The minimum Gasteiger partial charge on any atom is -0.493 e. The molecule has 11 heteroatoms. The van der Waals surface area contributed by atoms with E-state index < -0.39 is 23.7 Å². The molecule has 1 aromatic heterocycles. The van der Waals surface area contributed by atoms with Crippen molar-refractivity contribution in [2.45, 2.75) is 25.8 Å². The molecule has 0 radical (unpaired) electrons. The number of carbonyl (C=O) groups excluding carboxylic acids is 3. The zero-order chi connectivity index (χ0) is 33.6. The van der Waals surface area contributed by atoms with E-state index in [0.717, 1.165) is 49.1 Å². The third kappa shape index (κ3) is 7.06. The smallest absolute Gasteiger partial charge is 0.313 e. The Bertz CT molecular complexity index is 1990. The molecule has 1 atom stereocenters. The van der Waals surface area contributed by atoms with E-state index in [2.05, 4.69) is 20.9 Å². The average molecular weight is 651 g/mol. The second-order valence-corrected chi connectivity index (χ2v) is 11.6. The number of ether oxygens (including phenoxy) is 3. The van der Waals surface area contributed by atoms with Gasteiger partial charge in [0, 0.05) is 35.0 Å². The quantitative estimate of drug-likeness (QED) is 0.118. The molecule has 2 heterocycles. The molecule has 4 aromatic carbocycles. The number of hydrogen-bond donors (Lipinski definition) is 3. The van der Waals surface area contributed by atoms with Crippen LogP contribution in [0.2, 0.25) is 0 Å². The first-order valence-electron chi connectivity index (χ1n) is 15.7. The molecule has 246 valence electrons. The van der Waals surface area contributed by atoms with Gasteiger partial charge in [-0.1, -0.05) is 36.4 Å². The Morgan fingerprint density at radius 2 is 1.77 bits per heavy atom. The Morgan fingerprint density at radius 3 is 2.54 bits per heavy atom. The number of hydrogen-bond acceptors (Lipinski definition) is 8. The van der Waals surface area contributed by atoms with Crippen LogP contribution < -0.4 is 30.2 Å². The molecule has 0 saturated carbocycles. The highest BCUT2D eigenvalue weighted by Gasteiger charge is 2.21. The van der Waals surface area contributed by atoms with Crippen molar-refractivity contribution in [3.05, 3.63) is 95.9 Å². The van der Waals surface area contributed by atoms with Gasteiger partial charge in [0.05, 0.1) is 25.3 Å². The van der Waals surface area contributed by atoms with Gasteiger partial charge in [0.1, 0.15) is 5.75 Å². The summed E-state index contributed by atoms with van der Waals surface area (Å²) < 4.78 is 32.9. The molecule has 6 rings (SSSR count). The summed E-state index contributed by atoms with van der Waals surface area (Å²) in [4.78, 5) is 41.8. The Kier molecular flexibility index (Phi) is 9.77. The number of nitrogens with one attached hydrogen (secondary N) is 3. The maximum atomic E-state index is 15.2. The molecule has 0 bridgehead atoms. The summed E-state index contributed by atoms with van der Waals surface area (Å²) in [5, 5.41) is 10.6. The van der Waals surface area contributed by atoms with E-state index in [1.165, 1.54) is 12.1 Å². The van der Waals surface area contributed by atoms with E-state index in [9.17, 15) is 14.4 Å². The van der Waals surface area contributed by atoms with E-state index in [1.807, 2.05) is 30.3 Å². The molecule has 1 aliphatic heterocycles. The second kappa shape index (κ2) is 14.5. The van der Waals surface area contributed by atoms with Crippen LogP contribution in [-0.4, -0.2) is 49.9 Å². The molecule has 10 nitrogen and oxygen atoms in total. The van der Waals surface area contributed by atoms with Crippen LogP contribution in [0.4, 0.5) is 10.1 Å². The number of anilines is 1. The number of pyridine rings is 1. The van der Waals surface area contributed by atoms with Gasteiger partial charge in [-0.15, -0.1) is 0 Å². The summed E-state index contributed by atoms with van der Waals surface area (Å²) in [6.45, 7) is 4.19. The molecule has 5 aromatic rings. The van der Waals surface area contributed by atoms with Crippen LogP contribution in [0.25, 0.3) is 21.7 Å². The van der Waals surface area contributed by atoms with Gasteiger partial charge in [0.2, 0.25) is 0 Å². The van der Waals surface area contributed by atoms with Crippen molar-refractivity contribution in [2.24, 2.45) is 5.92 Å². The molecule has 1 saturated heterocycles. The highest BCUT2D eigenvalue weighted by molar-refractivity contribution is 6.39. The maximum Gasteiger partial charge on any atom is 0.313 e. The number of aromatic nitrogens is 1. The van der Waals surface area contributed by atoms with E-state index in [4.69, 9.17) is 14.2 Å². The number of benzene rings is 4. The number of aldehydes is 1. The summed E-state index contributed by atoms with van der Waals surface area (Å²) in [7, 11) is 1.55. The predicted octanol–water partition coefficient (Wildman–Crippen LogP) is 6.33. The van der Waals surface area contributed by atoms with E-state index >= 15 is 4.39 Å². The molecule has 1 unspecified atom stereocenters. The van der Waals surface area contributed by atoms with Crippen LogP contribution in [0.1, 0.15) is 41.7 Å². The number of fused-ring (bicyclic) bond motifs is 2. The number of rotatable bonds is 10. The third-order valence-corrected chi connectivity index (χ3v) is 8.47. The van der Waals surface area contributed by atoms with Crippen LogP contribution in [0.15, 0.2) is 79.0 Å². The minimum absolute atomic E-state index is 0.0590. The van der Waals surface area contributed by atoms with Crippen LogP contribution in [0, 0.1) is 11.7 Å². The van der Waals surface area contributed by atoms with E-state index in [0.29, 0.717) is 51.8 Å². The van der Waals surface area contributed by atoms with Crippen molar-refractivity contribution in [1.29, 1.82) is 0 Å². The number of carbonyl (C=O) groups is 3. The lowest BCUT2D eigenvalue weighted by Gasteiger charge is -2.23. The van der Waals surface area contributed by atoms with Gasteiger partial charge in [-0.2, -0.15) is 0 Å². The largest absolute Gasteiger partial charge is 0.493 e. The van der Waals surface area contributed by atoms with Crippen molar-refractivity contribution in [3.63, 3.8) is 0 Å². The van der Waals surface area contributed by atoms with Gasteiger partial charge in [-0.25, -0.2) is 4.39 Å². The van der Waals surface area contributed by atoms with Crippen LogP contribution in [0.5, 0.6) is 23.0 Å². The first-order chi connectivity index (χ1) is 23.3. The summed E-state index contributed by atoms with van der Waals surface area (Å²) in [6.07, 6.45) is 4.38. The van der Waals surface area contributed by atoms with Crippen molar-refractivity contribution in [1.82, 2.24) is 15.6 Å². The summed E-state index contributed by atoms with van der Waals surface area (Å²) >= 11 is 0. The molecular formula is C37H35FN4O6. The highest BCUT2D eigenvalue weighted by Crippen LogP contribution is 2.38. The summed E-state index contributed by atoms with van der Waals surface area (Å²) in [5.74, 6) is -0.916. The number of nitrogens with zero attached hydrogens (tertiary/aromatic N) is 1. The molecule has 2 amide bonds. The van der Waals surface area contributed by atoms with Gasteiger partial charge in [-0.3, -0.25) is 19.4 Å². The van der Waals surface area contributed by atoms with Crippen molar-refractivity contribution in [2.75, 3.05) is 32.1 Å². The fourth-order valence-corrected chi connectivity index (χ4v) is 5.87. The monoisotopic (exact) mass is 650 g/mol. The Hall–Kier alpha value is -5.55. The molecule has 1 fully saturated rings. The van der Waals surface area contributed by atoms with Crippen molar-refractivity contribution < 1.29 is 33.0 Å². The average Bonchev–Trinajstić information content (AvgIpc) is 3.11. The standard InChI is InChI=1S/C37H35FN4O6/c1-22(26-9-7-24-5-3-4-6-27(24)29(26)20-43)41-36(44)37(45)42-25-8-10-33(30(38)17-25)48-32-13-16-40-31-19-35(34(46-2)18-28(31)32)47-21-23-11-14-39-15-12-23/h3-10,13,16-20,22-23,39H,11-12,14-15,21H2,1-2H3,(H,41,44)(H,42,45). The van der Waals surface area contributed by atoms with Crippen molar-refractivity contribution in [3.8, 4) is 23.0 Å². The Labute approximate surface area is 276 Å². The van der Waals surface area contributed by atoms with E-state index in [-0.39, 0.29) is 11.4 Å². The number of piperidine rings is 1. The highest BCUT2D eigenvalue weighted by atomic mass is 19.1. The number of methoxy groups -OCH3 is 1. The molecular weight excluding hydrogens is 615 g/mol. The number of amides is 2. The fourth-order valence-electron chi connectivity index (χ4n) is 5.87. The predicted molar refractivity (Wildman–Crippen MR) is 180 cm³/mol. The zero-order valence-electron chi connectivity index (χ0n) is 26.5. The molecule has 48 heavy (non-hydrogen) atoms. The van der Waals surface area contributed by atoms with Gasteiger partial charge >= 0.3 is 11.8 Å². The Morgan fingerprint density at radius 1 is 0.958 bits per heavy atom.